The maximum atomic E-state index is 14.1. The number of hydrogen-bond donors (Lipinski definition) is 1. The van der Waals surface area contributed by atoms with E-state index in [1.54, 1.807) is 42.9 Å². The summed E-state index contributed by atoms with van der Waals surface area (Å²) in [6.45, 7) is 3.57. The Kier molecular flexibility index (Phi) is 3.38. The summed E-state index contributed by atoms with van der Waals surface area (Å²) in [6, 6.07) is 4.77. The maximum Gasteiger partial charge on any atom is 0.304 e. The summed E-state index contributed by atoms with van der Waals surface area (Å²) < 4.78 is 15.7. The second-order valence-electron chi connectivity index (χ2n) is 5.09. The van der Waals surface area contributed by atoms with E-state index in [1.807, 2.05) is 0 Å². The van der Waals surface area contributed by atoms with Crippen LogP contribution in [0, 0.1) is 5.82 Å². The molecule has 5 heteroatoms. The number of benzene rings is 1. The number of halogens is 1. The van der Waals surface area contributed by atoms with Crippen LogP contribution in [-0.2, 0) is 10.2 Å². The van der Waals surface area contributed by atoms with Crippen molar-refractivity contribution < 1.29 is 14.3 Å². The molecule has 0 aliphatic carbocycles. The summed E-state index contributed by atoms with van der Waals surface area (Å²) in [4.78, 5) is 14.7. The molecule has 0 bridgehead atoms. The van der Waals surface area contributed by atoms with Gasteiger partial charge >= 0.3 is 5.97 Å². The van der Waals surface area contributed by atoms with E-state index in [1.165, 1.54) is 12.4 Å². The van der Waals surface area contributed by atoms with Gasteiger partial charge in [-0.15, -0.1) is 0 Å². The van der Waals surface area contributed by atoms with Gasteiger partial charge in [0.1, 0.15) is 5.82 Å². The summed E-state index contributed by atoms with van der Waals surface area (Å²) in [5, 5.41) is 8.88. The van der Waals surface area contributed by atoms with E-state index in [4.69, 9.17) is 5.11 Å². The molecule has 0 atom stereocenters. The van der Waals surface area contributed by atoms with Gasteiger partial charge < -0.3 is 9.67 Å². The second kappa shape index (κ2) is 4.84. The quantitative estimate of drug-likeness (QED) is 0.921. The van der Waals surface area contributed by atoms with Gasteiger partial charge in [0.2, 0.25) is 0 Å². The number of carboxylic acids is 1. The van der Waals surface area contributed by atoms with Gasteiger partial charge in [0.25, 0.3) is 0 Å². The number of carbonyl (C=O) groups is 1. The molecule has 100 valence electrons. The third-order valence-electron chi connectivity index (χ3n) is 3.10. The monoisotopic (exact) mass is 262 g/mol. The van der Waals surface area contributed by atoms with Crippen LogP contribution in [0.15, 0.2) is 36.9 Å². The molecule has 0 amide bonds. The first-order chi connectivity index (χ1) is 8.90. The Morgan fingerprint density at radius 2 is 2.21 bits per heavy atom. The van der Waals surface area contributed by atoms with Crippen LogP contribution >= 0.6 is 0 Å². The highest BCUT2D eigenvalue weighted by atomic mass is 19.1. The number of carboxylic acid groups (broad SMARTS) is 1. The van der Waals surface area contributed by atoms with E-state index in [0.717, 1.165) is 0 Å². The van der Waals surface area contributed by atoms with Crippen molar-refractivity contribution in [2.75, 3.05) is 0 Å². The van der Waals surface area contributed by atoms with Crippen LogP contribution in [0.4, 0.5) is 4.39 Å². The van der Waals surface area contributed by atoms with Crippen molar-refractivity contribution in [2.24, 2.45) is 0 Å². The highest BCUT2D eigenvalue weighted by Gasteiger charge is 2.25. The van der Waals surface area contributed by atoms with E-state index in [-0.39, 0.29) is 6.42 Å². The molecule has 4 nitrogen and oxygen atoms in total. The first-order valence-corrected chi connectivity index (χ1v) is 5.90. The summed E-state index contributed by atoms with van der Waals surface area (Å²) in [7, 11) is 0. The normalized spacial score (nSPS) is 11.5. The van der Waals surface area contributed by atoms with Crippen molar-refractivity contribution in [3.63, 3.8) is 0 Å². The van der Waals surface area contributed by atoms with Crippen LogP contribution in [0.25, 0.3) is 5.69 Å². The zero-order chi connectivity index (χ0) is 14.0. The summed E-state index contributed by atoms with van der Waals surface area (Å²) in [5.74, 6) is -1.29. The van der Waals surface area contributed by atoms with Gasteiger partial charge in [-0.1, -0.05) is 19.9 Å². The van der Waals surface area contributed by atoms with E-state index >= 15 is 0 Å². The highest BCUT2D eigenvalue weighted by molar-refractivity contribution is 5.69. The molecular formula is C14H15FN2O2. The maximum absolute atomic E-state index is 14.1. The molecule has 0 spiro atoms. The van der Waals surface area contributed by atoms with E-state index in [2.05, 4.69) is 4.98 Å². The van der Waals surface area contributed by atoms with Crippen molar-refractivity contribution in [3.8, 4) is 5.69 Å². The predicted octanol–water partition coefficient (Wildman–Crippen LogP) is 2.76. The molecule has 0 fully saturated rings. The minimum absolute atomic E-state index is 0.0448. The molecule has 0 radical (unpaired) electrons. The molecule has 0 saturated heterocycles. The van der Waals surface area contributed by atoms with E-state index in [0.29, 0.717) is 11.3 Å². The van der Waals surface area contributed by atoms with Gasteiger partial charge in [0.15, 0.2) is 0 Å². The lowest BCUT2D eigenvalue weighted by Crippen LogP contribution is -2.22. The Bertz CT molecular complexity index is 591. The smallest absolute Gasteiger partial charge is 0.304 e. The van der Waals surface area contributed by atoms with Crippen molar-refractivity contribution in [2.45, 2.75) is 25.7 Å². The number of aliphatic carboxylic acids is 1. The average Bonchev–Trinajstić information content (AvgIpc) is 2.80. The summed E-state index contributed by atoms with van der Waals surface area (Å²) in [5.41, 5.74) is 0.448. The van der Waals surface area contributed by atoms with Crippen LogP contribution in [0.3, 0.4) is 0 Å². The van der Waals surface area contributed by atoms with Crippen LogP contribution in [0.5, 0.6) is 0 Å². The molecule has 1 heterocycles. The van der Waals surface area contributed by atoms with E-state index in [9.17, 15) is 9.18 Å². The van der Waals surface area contributed by atoms with Crippen molar-refractivity contribution in [3.05, 3.63) is 48.3 Å². The third-order valence-corrected chi connectivity index (χ3v) is 3.10. The Morgan fingerprint density at radius 1 is 1.47 bits per heavy atom. The minimum Gasteiger partial charge on any atom is -0.481 e. The molecule has 1 N–H and O–H groups in total. The van der Waals surface area contributed by atoms with Crippen molar-refractivity contribution >= 4 is 5.97 Å². The largest absolute Gasteiger partial charge is 0.481 e. The molecule has 2 aromatic rings. The van der Waals surface area contributed by atoms with Crippen LogP contribution < -0.4 is 0 Å². The Morgan fingerprint density at radius 3 is 2.74 bits per heavy atom. The molecule has 1 aromatic heterocycles. The SMILES string of the molecule is CC(C)(CC(=O)O)c1ccc(-n2ccnc2)c(F)c1. The van der Waals surface area contributed by atoms with Crippen molar-refractivity contribution in [1.29, 1.82) is 0 Å². The predicted molar refractivity (Wildman–Crippen MR) is 68.8 cm³/mol. The fourth-order valence-electron chi connectivity index (χ4n) is 2.02. The number of rotatable bonds is 4. The third kappa shape index (κ3) is 2.81. The van der Waals surface area contributed by atoms with Gasteiger partial charge in [0, 0.05) is 17.8 Å². The molecule has 1 aromatic carbocycles. The van der Waals surface area contributed by atoms with Crippen LogP contribution in [0.1, 0.15) is 25.8 Å². The Labute approximate surface area is 110 Å². The van der Waals surface area contributed by atoms with Gasteiger partial charge in [0.05, 0.1) is 18.4 Å². The Balaban J connectivity index is 2.36. The molecule has 2 rings (SSSR count). The zero-order valence-electron chi connectivity index (χ0n) is 10.8. The fraction of sp³-hybridized carbons (Fsp3) is 0.286. The van der Waals surface area contributed by atoms with Crippen molar-refractivity contribution in [1.82, 2.24) is 9.55 Å². The fourth-order valence-corrected chi connectivity index (χ4v) is 2.02. The molecule has 0 saturated carbocycles. The lowest BCUT2D eigenvalue weighted by molar-refractivity contribution is -0.138. The van der Waals surface area contributed by atoms with Crippen LogP contribution in [-0.4, -0.2) is 20.6 Å². The first kappa shape index (κ1) is 13.3. The number of hydrogen-bond acceptors (Lipinski definition) is 2. The van der Waals surface area contributed by atoms with Crippen LogP contribution in [0.2, 0.25) is 0 Å². The van der Waals surface area contributed by atoms with Gasteiger partial charge in [-0.25, -0.2) is 9.37 Å². The van der Waals surface area contributed by atoms with Gasteiger partial charge in [-0.3, -0.25) is 4.79 Å². The highest BCUT2D eigenvalue weighted by Crippen LogP contribution is 2.29. The molecular weight excluding hydrogens is 247 g/mol. The van der Waals surface area contributed by atoms with E-state index < -0.39 is 17.2 Å². The Hall–Kier alpha value is -2.17. The number of nitrogens with zero attached hydrogens (tertiary/aromatic N) is 2. The molecule has 19 heavy (non-hydrogen) atoms. The zero-order valence-corrected chi connectivity index (χ0v) is 10.8. The summed E-state index contributed by atoms with van der Waals surface area (Å²) >= 11 is 0. The second-order valence-corrected chi connectivity index (χ2v) is 5.09. The lowest BCUT2D eigenvalue weighted by Gasteiger charge is -2.23. The van der Waals surface area contributed by atoms with Gasteiger partial charge in [-0.05, 0) is 17.7 Å². The minimum atomic E-state index is -0.899. The average molecular weight is 262 g/mol. The number of aromatic nitrogens is 2. The topological polar surface area (TPSA) is 55.1 Å². The lowest BCUT2D eigenvalue weighted by atomic mass is 9.81. The molecule has 0 aliphatic rings. The standard InChI is InChI=1S/C14H15FN2O2/c1-14(2,8-13(18)19)10-3-4-12(11(15)7-10)17-6-5-16-9-17/h3-7,9H,8H2,1-2H3,(H,18,19). The summed E-state index contributed by atoms with van der Waals surface area (Å²) in [6.07, 6.45) is 4.69. The van der Waals surface area contributed by atoms with Gasteiger partial charge in [-0.2, -0.15) is 0 Å². The molecule has 0 aliphatic heterocycles. The molecule has 0 unspecified atom stereocenters. The number of imidazole rings is 1. The first-order valence-electron chi connectivity index (χ1n) is 5.90.